The largest absolute Gasteiger partial charge is 0.239 e. The molecule has 0 spiro atoms. The van der Waals surface area contributed by atoms with E-state index < -0.39 is 10.0 Å². The van der Waals surface area contributed by atoms with E-state index in [4.69, 9.17) is 28.3 Å². The summed E-state index contributed by atoms with van der Waals surface area (Å²) >= 11 is 11.2. The summed E-state index contributed by atoms with van der Waals surface area (Å²) in [5.74, 6) is 0.383. The summed E-state index contributed by atoms with van der Waals surface area (Å²) in [6, 6.07) is 4.49. The summed E-state index contributed by atoms with van der Waals surface area (Å²) in [5.41, 5.74) is 0.771. The Morgan fingerprint density at radius 1 is 1.40 bits per heavy atom. The van der Waals surface area contributed by atoms with Crippen LogP contribution in [-0.4, -0.2) is 14.3 Å². The molecule has 0 aliphatic heterocycles. The molecule has 0 aromatic heterocycles. The van der Waals surface area contributed by atoms with Crippen LogP contribution >= 0.6 is 23.2 Å². The first-order valence-corrected chi connectivity index (χ1v) is 6.46. The monoisotopic (exact) mass is 265 g/mol. The molecule has 0 amide bonds. The highest BCUT2D eigenvalue weighted by Crippen LogP contribution is 2.22. The van der Waals surface area contributed by atoms with Crippen LogP contribution in [0.25, 0.3) is 6.08 Å². The summed E-state index contributed by atoms with van der Waals surface area (Å²) in [7, 11) is -3.75. The molecule has 1 aromatic rings. The molecule has 0 atom stereocenters. The van der Waals surface area contributed by atoms with Gasteiger partial charge in [0.1, 0.15) is 4.90 Å². The lowest BCUT2D eigenvalue weighted by Gasteiger charge is -2.02. The highest BCUT2D eigenvalue weighted by atomic mass is 35.5. The second-order valence-electron chi connectivity index (χ2n) is 2.79. The summed E-state index contributed by atoms with van der Waals surface area (Å²) in [5, 5.41) is 5.06. The quantitative estimate of drug-likeness (QED) is 0.853. The van der Waals surface area contributed by atoms with Crippen LogP contribution in [0.15, 0.2) is 29.2 Å². The van der Waals surface area contributed by atoms with Gasteiger partial charge in [-0.05, 0) is 17.7 Å². The zero-order chi connectivity index (χ0) is 11.5. The molecule has 0 radical (unpaired) electrons. The van der Waals surface area contributed by atoms with Crippen LogP contribution in [0.5, 0.6) is 0 Å². The lowest BCUT2D eigenvalue weighted by Crippen LogP contribution is -2.12. The number of benzene rings is 1. The van der Waals surface area contributed by atoms with Gasteiger partial charge in [-0.1, -0.05) is 29.8 Å². The van der Waals surface area contributed by atoms with Crippen molar-refractivity contribution in [1.29, 1.82) is 0 Å². The van der Waals surface area contributed by atoms with Crippen LogP contribution in [0.1, 0.15) is 5.56 Å². The predicted molar refractivity (Wildman–Crippen MR) is 62.6 cm³/mol. The number of hydrogen-bond acceptors (Lipinski definition) is 2. The average Bonchev–Trinajstić information content (AvgIpc) is 2.12. The maximum Gasteiger partial charge on any atom is 0.239 e. The van der Waals surface area contributed by atoms with E-state index in [9.17, 15) is 8.42 Å². The Morgan fingerprint density at radius 3 is 2.53 bits per heavy atom. The smallest absolute Gasteiger partial charge is 0.225 e. The van der Waals surface area contributed by atoms with Crippen molar-refractivity contribution in [3.05, 3.63) is 34.9 Å². The molecule has 1 rings (SSSR count). The fraction of sp³-hybridized carbons (Fsp3) is 0.111. The maximum atomic E-state index is 11.0. The third-order valence-electron chi connectivity index (χ3n) is 1.66. The van der Waals surface area contributed by atoms with E-state index in [0.29, 0.717) is 5.88 Å². The third-order valence-corrected chi connectivity index (χ3v) is 3.23. The fourth-order valence-corrected chi connectivity index (χ4v) is 2.22. The summed E-state index contributed by atoms with van der Waals surface area (Å²) in [6.07, 6.45) is 3.47. The molecule has 3 nitrogen and oxygen atoms in total. The first-order valence-electron chi connectivity index (χ1n) is 4.00. The Hall–Kier alpha value is -0.550. The molecule has 0 aliphatic carbocycles. The molecule has 6 heteroatoms. The highest BCUT2D eigenvalue weighted by molar-refractivity contribution is 7.89. The van der Waals surface area contributed by atoms with Gasteiger partial charge in [0.2, 0.25) is 10.0 Å². The van der Waals surface area contributed by atoms with Gasteiger partial charge in [-0.25, -0.2) is 13.6 Å². The minimum absolute atomic E-state index is 0.0767. The standard InChI is InChI=1S/C9H9Cl2NO2S/c10-5-1-2-7-3-4-9(8(11)6-7)15(12,13)14/h1-4,6H,5H2,(H2,12,13,14). The summed E-state index contributed by atoms with van der Waals surface area (Å²) in [6.45, 7) is 0. The molecular weight excluding hydrogens is 257 g/mol. The lowest BCUT2D eigenvalue weighted by atomic mass is 10.2. The Morgan fingerprint density at radius 2 is 2.07 bits per heavy atom. The van der Waals surface area contributed by atoms with Crippen molar-refractivity contribution >= 4 is 39.3 Å². The Labute approximate surface area is 98.5 Å². The summed E-state index contributed by atoms with van der Waals surface area (Å²) < 4.78 is 22.1. The first-order chi connectivity index (χ1) is 6.95. The summed E-state index contributed by atoms with van der Waals surface area (Å²) in [4.78, 5) is -0.0767. The van der Waals surface area contributed by atoms with Crippen molar-refractivity contribution in [3.8, 4) is 0 Å². The molecular formula is C9H9Cl2NO2S. The molecule has 0 saturated carbocycles. The molecule has 82 valence electrons. The zero-order valence-electron chi connectivity index (χ0n) is 7.65. The van der Waals surface area contributed by atoms with E-state index in [1.54, 1.807) is 18.2 Å². The number of primary sulfonamides is 1. The van der Waals surface area contributed by atoms with E-state index >= 15 is 0 Å². The van der Waals surface area contributed by atoms with E-state index in [1.807, 2.05) is 0 Å². The Kier molecular flexibility index (Phi) is 4.16. The molecule has 0 bridgehead atoms. The molecule has 0 fully saturated rings. The first kappa shape index (κ1) is 12.5. The predicted octanol–water partition coefficient (Wildman–Crippen LogP) is 2.24. The molecule has 0 unspecified atom stereocenters. The third kappa shape index (κ3) is 3.50. The molecule has 0 heterocycles. The number of sulfonamides is 1. The van der Waals surface area contributed by atoms with Gasteiger partial charge in [-0.15, -0.1) is 11.6 Å². The van der Waals surface area contributed by atoms with Gasteiger partial charge < -0.3 is 0 Å². The second kappa shape index (κ2) is 4.99. The van der Waals surface area contributed by atoms with E-state index in [-0.39, 0.29) is 9.92 Å². The average molecular weight is 266 g/mol. The van der Waals surface area contributed by atoms with Crippen LogP contribution in [0.2, 0.25) is 5.02 Å². The van der Waals surface area contributed by atoms with Crippen LogP contribution in [-0.2, 0) is 10.0 Å². The van der Waals surface area contributed by atoms with Crippen LogP contribution < -0.4 is 5.14 Å². The molecule has 0 saturated heterocycles. The number of nitrogens with two attached hydrogens (primary N) is 1. The molecule has 15 heavy (non-hydrogen) atoms. The van der Waals surface area contributed by atoms with Crippen LogP contribution in [0.4, 0.5) is 0 Å². The van der Waals surface area contributed by atoms with Crippen molar-refractivity contribution in [1.82, 2.24) is 0 Å². The van der Waals surface area contributed by atoms with E-state index in [0.717, 1.165) is 5.56 Å². The van der Waals surface area contributed by atoms with Crippen molar-refractivity contribution in [2.45, 2.75) is 4.90 Å². The van der Waals surface area contributed by atoms with Crippen molar-refractivity contribution in [3.63, 3.8) is 0 Å². The van der Waals surface area contributed by atoms with Crippen molar-refractivity contribution < 1.29 is 8.42 Å². The number of halogens is 2. The van der Waals surface area contributed by atoms with Crippen molar-refractivity contribution in [2.24, 2.45) is 5.14 Å². The van der Waals surface area contributed by atoms with E-state index in [1.165, 1.54) is 12.1 Å². The normalized spacial score (nSPS) is 12.2. The van der Waals surface area contributed by atoms with Gasteiger partial charge in [-0.3, -0.25) is 0 Å². The number of allylic oxidation sites excluding steroid dienone is 1. The molecule has 1 aromatic carbocycles. The van der Waals surface area contributed by atoms with E-state index in [2.05, 4.69) is 0 Å². The number of alkyl halides is 1. The second-order valence-corrected chi connectivity index (χ2v) is 5.04. The minimum Gasteiger partial charge on any atom is -0.225 e. The van der Waals surface area contributed by atoms with Gasteiger partial charge >= 0.3 is 0 Å². The minimum atomic E-state index is -3.75. The SMILES string of the molecule is NS(=O)(=O)c1ccc(C=CCCl)cc1Cl. The fourth-order valence-electron chi connectivity index (χ4n) is 1.03. The Bertz CT molecular complexity index is 483. The van der Waals surface area contributed by atoms with Crippen molar-refractivity contribution in [2.75, 3.05) is 5.88 Å². The molecule has 0 aliphatic rings. The number of rotatable bonds is 3. The van der Waals surface area contributed by atoms with Gasteiger partial charge in [-0.2, -0.15) is 0 Å². The van der Waals surface area contributed by atoms with Gasteiger partial charge in [0.05, 0.1) is 5.02 Å². The number of hydrogen-bond donors (Lipinski definition) is 1. The zero-order valence-corrected chi connectivity index (χ0v) is 9.98. The van der Waals surface area contributed by atoms with Gasteiger partial charge in [0, 0.05) is 5.88 Å². The van der Waals surface area contributed by atoms with Gasteiger partial charge in [0.15, 0.2) is 0 Å². The molecule has 2 N–H and O–H groups in total. The van der Waals surface area contributed by atoms with Gasteiger partial charge in [0.25, 0.3) is 0 Å². The highest BCUT2D eigenvalue weighted by Gasteiger charge is 2.12. The Balaban J connectivity index is 3.15. The maximum absolute atomic E-state index is 11.0. The lowest BCUT2D eigenvalue weighted by molar-refractivity contribution is 0.598. The topological polar surface area (TPSA) is 60.2 Å². The van der Waals surface area contributed by atoms with Crippen LogP contribution in [0.3, 0.4) is 0 Å². The van der Waals surface area contributed by atoms with Crippen LogP contribution in [0, 0.1) is 0 Å².